The number of nitrogens with zero attached hydrogens (tertiary/aromatic N) is 4. The number of hydrogen-bond donors (Lipinski definition) is 1. The van der Waals surface area contributed by atoms with Crippen LogP contribution in [-0.4, -0.2) is 41.6 Å². The number of rotatable bonds is 4. The zero-order valence-corrected chi connectivity index (χ0v) is 18.7. The number of halogens is 4. The first kappa shape index (κ1) is 23.1. The molecule has 1 N–H and O–H groups in total. The monoisotopic (exact) mass is 485 g/mol. The van der Waals surface area contributed by atoms with Gasteiger partial charge in [-0.3, -0.25) is 9.78 Å². The molecule has 0 saturated carbocycles. The molecule has 0 spiro atoms. The number of nitrogens with one attached hydrogen (secondary N) is 1. The summed E-state index contributed by atoms with van der Waals surface area (Å²) in [5.74, 6) is -0.704. The number of aromatic nitrogens is 2. The Kier molecular flexibility index (Phi) is 6.04. The van der Waals surface area contributed by atoms with E-state index < -0.39 is 23.5 Å². The summed E-state index contributed by atoms with van der Waals surface area (Å²) in [4.78, 5) is 25.9. The molecule has 0 aliphatic carbocycles. The Hall–Kier alpha value is -3.69. The standard InChI is InChI=1S/C25H23F4N5O/c26-20-4-2-1-3-16(20)13-32-24(35)19-12-17-11-18(25(27,28)29)5-6-21(17)34-10-9-33(15-22(19)34)23-14-30-7-8-31-23/h1-8,11,14,19,22H,9-10,12-13,15H2,(H,32,35). The van der Waals surface area contributed by atoms with Crippen molar-refractivity contribution >= 4 is 17.4 Å². The van der Waals surface area contributed by atoms with Crippen LogP contribution in [0.25, 0.3) is 0 Å². The van der Waals surface area contributed by atoms with E-state index in [4.69, 9.17) is 0 Å². The van der Waals surface area contributed by atoms with Gasteiger partial charge in [0.25, 0.3) is 0 Å². The number of amides is 1. The van der Waals surface area contributed by atoms with Crippen molar-refractivity contribution in [3.8, 4) is 0 Å². The van der Waals surface area contributed by atoms with E-state index in [1.807, 2.05) is 9.80 Å². The molecule has 182 valence electrons. The molecule has 10 heteroatoms. The molecule has 2 aliphatic heterocycles. The van der Waals surface area contributed by atoms with E-state index in [1.54, 1.807) is 36.8 Å². The highest BCUT2D eigenvalue weighted by molar-refractivity contribution is 5.82. The van der Waals surface area contributed by atoms with E-state index in [0.717, 1.165) is 12.1 Å². The van der Waals surface area contributed by atoms with Gasteiger partial charge in [-0.25, -0.2) is 9.37 Å². The van der Waals surface area contributed by atoms with Crippen LogP contribution in [-0.2, 0) is 23.9 Å². The van der Waals surface area contributed by atoms with E-state index in [9.17, 15) is 22.4 Å². The number of alkyl halides is 3. The van der Waals surface area contributed by atoms with Crippen LogP contribution in [0.3, 0.4) is 0 Å². The topological polar surface area (TPSA) is 61.4 Å². The SMILES string of the molecule is O=C(NCc1ccccc1F)C1Cc2cc(C(F)(F)F)ccc2N2CCN(c3cnccn3)CC12. The fourth-order valence-corrected chi connectivity index (χ4v) is 4.92. The van der Waals surface area contributed by atoms with Gasteiger partial charge in [0.2, 0.25) is 5.91 Å². The third-order valence-corrected chi connectivity index (χ3v) is 6.66. The molecule has 5 rings (SSSR count). The Labute approximate surface area is 199 Å². The van der Waals surface area contributed by atoms with Crippen molar-refractivity contribution in [1.29, 1.82) is 0 Å². The second-order valence-corrected chi connectivity index (χ2v) is 8.73. The van der Waals surface area contributed by atoms with E-state index in [1.165, 1.54) is 12.1 Å². The third kappa shape index (κ3) is 4.65. The lowest BCUT2D eigenvalue weighted by atomic mass is 9.82. The van der Waals surface area contributed by atoms with Gasteiger partial charge in [0.05, 0.1) is 23.7 Å². The van der Waals surface area contributed by atoms with E-state index >= 15 is 0 Å². The second-order valence-electron chi connectivity index (χ2n) is 8.73. The molecular weight excluding hydrogens is 462 g/mol. The van der Waals surface area contributed by atoms with Gasteiger partial charge in [-0.2, -0.15) is 13.2 Å². The van der Waals surface area contributed by atoms with Crippen LogP contribution in [0.4, 0.5) is 29.1 Å². The number of fused-ring (bicyclic) bond motifs is 3. The number of benzene rings is 2. The molecule has 1 amide bonds. The average molecular weight is 485 g/mol. The summed E-state index contributed by atoms with van der Waals surface area (Å²) in [5.41, 5.74) is 0.798. The highest BCUT2D eigenvalue weighted by Gasteiger charge is 2.43. The van der Waals surface area contributed by atoms with Crippen LogP contribution >= 0.6 is 0 Å². The average Bonchev–Trinajstić information content (AvgIpc) is 2.87. The first-order valence-electron chi connectivity index (χ1n) is 11.3. The predicted octanol–water partition coefficient (Wildman–Crippen LogP) is 3.82. The molecule has 1 aromatic heterocycles. The van der Waals surface area contributed by atoms with Gasteiger partial charge in [0.15, 0.2) is 0 Å². The van der Waals surface area contributed by atoms with Crippen molar-refractivity contribution in [1.82, 2.24) is 15.3 Å². The Balaban J connectivity index is 1.44. The molecule has 2 atom stereocenters. The molecule has 3 aromatic rings. The van der Waals surface area contributed by atoms with Gasteiger partial charge < -0.3 is 15.1 Å². The lowest BCUT2D eigenvalue weighted by Gasteiger charge is -2.49. The van der Waals surface area contributed by atoms with Gasteiger partial charge in [-0.05, 0) is 36.2 Å². The lowest BCUT2D eigenvalue weighted by Crippen LogP contribution is -2.61. The summed E-state index contributed by atoms with van der Waals surface area (Å²) in [7, 11) is 0. The summed E-state index contributed by atoms with van der Waals surface area (Å²) in [5, 5.41) is 2.80. The molecule has 2 unspecified atom stereocenters. The first-order chi connectivity index (χ1) is 16.8. The lowest BCUT2D eigenvalue weighted by molar-refractivity contribution is -0.137. The Morgan fingerprint density at radius 1 is 1.11 bits per heavy atom. The molecule has 0 bridgehead atoms. The molecule has 3 heterocycles. The predicted molar refractivity (Wildman–Crippen MR) is 122 cm³/mol. The van der Waals surface area contributed by atoms with Crippen LogP contribution in [0, 0.1) is 11.7 Å². The van der Waals surface area contributed by atoms with Crippen molar-refractivity contribution < 1.29 is 22.4 Å². The number of carbonyl (C=O) groups excluding carboxylic acids is 1. The summed E-state index contributed by atoms with van der Waals surface area (Å²) in [6.07, 6.45) is 0.495. The van der Waals surface area contributed by atoms with Gasteiger partial charge in [0, 0.05) is 49.8 Å². The zero-order valence-electron chi connectivity index (χ0n) is 18.7. The van der Waals surface area contributed by atoms with Crippen LogP contribution in [0.2, 0.25) is 0 Å². The quantitative estimate of drug-likeness (QED) is 0.570. The van der Waals surface area contributed by atoms with Crippen molar-refractivity contribution in [2.75, 3.05) is 29.4 Å². The normalized spacial score (nSPS) is 19.7. The Morgan fingerprint density at radius 2 is 1.94 bits per heavy atom. The maximum atomic E-state index is 14.1. The molecule has 2 aliphatic rings. The summed E-state index contributed by atoms with van der Waals surface area (Å²) >= 11 is 0. The maximum absolute atomic E-state index is 14.1. The van der Waals surface area contributed by atoms with Crippen molar-refractivity contribution in [2.24, 2.45) is 5.92 Å². The van der Waals surface area contributed by atoms with Crippen molar-refractivity contribution in [3.63, 3.8) is 0 Å². The minimum atomic E-state index is -4.47. The molecule has 1 fully saturated rings. The Morgan fingerprint density at radius 3 is 2.69 bits per heavy atom. The summed E-state index contributed by atoms with van der Waals surface area (Å²) < 4.78 is 54.2. The molecule has 0 radical (unpaired) electrons. The first-order valence-corrected chi connectivity index (χ1v) is 11.3. The smallest absolute Gasteiger partial charge is 0.364 e. The molecular formula is C25H23F4N5O. The van der Waals surface area contributed by atoms with Crippen LogP contribution in [0.15, 0.2) is 61.1 Å². The second kappa shape index (κ2) is 9.16. The van der Waals surface area contributed by atoms with E-state index in [0.29, 0.717) is 42.3 Å². The molecule has 6 nitrogen and oxygen atoms in total. The largest absolute Gasteiger partial charge is 0.416 e. The van der Waals surface area contributed by atoms with E-state index in [2.05, 4.69) is 15.3 Å². The molecule has 35 heavy (non-hydrogen) atoms. The Bertz CT molecular complexity index is 1220. The zero-order chi connectivity index (χ0) is 24.6. The fourth-order valence-electron chi connectivity index (χ4n) is 4.92. The van der Waals surface area contributed by atoms with Gasteiger partial charge >= 0.3 is 6.18 Å². The van der Waals surface area contributed by atoms with Crippen LogP contribution in [0.5, 0.6) is 0 Å². The van der Waals surface area contributed by atoms with Gasteiger partial charge in [-0.1, -0.05) is 18.2 Å². The number of anilines is 2. The highest BCUT2D eigenvalue weighted by atomic mass is 19.4. The minimum Gasteiger partial charge on any atom is -0.364 e. The third-order valence-electron chi connectivity index (χ3n) is 6.66. The minimum absolute atomic E-state index is 0.00193. The van der Waals surface area contributed by atoms with Gasteiger partial charge in [0.1, 0.15) is 11.6 Å². The summed E-state index contributed by atoms with van der Waals surface area (Å²) in [6, 6.07) is 9.58. The van der Waals surface area contributed by atoms with Crippen molar-refractivity contribution in [2.45, 2.75) is 25.2 Å². The number of piperazine rings is 1. The molecule has 2 aromatic carbocycles. The number of carbonyl (C=O) groups is 1. The summed E-state index contributed by atoms with van der Waals surface area (Å²) in [6.45, 7) is 1.55. The van der Waals surface area contributed by atoms with Crippen molar-refractivity contribution in [3.05, 3.63) is 83.6 Å². The van der Waals surface area contributed by atoms with Crippen LogP contribution in [0.1, 0.15) is 16.7 Å². The fraction of sp³-hybridized carbons (Fsp3) is 0.320. The van der Waals surface area contributed by atoms with Gasteiger partial charge in [-0.15, -0.1) is 0 Å². The molecule has 1 saturated heterocycles. The van der Waals surface area contributed by atoms with Crippen LogP contribution < -0.4 is 15.1 Å². The van der Waals surface area contributed by atoms with E-state index in [-0.39, 0.29) is 24.9 Å². The number of hydrogen-bond acceptors (Lipinski definition) is 5. The maximum Gasteiger partial charge on any atom is 0.416 e. The highest BCUT2D eigenvalue weighted by Crippen LogP contribution is 2.40.